The number of anilines is 2. The Bertz CT molecular complexity index is 497. The van der Waals surface area contributed by atoms with Gasteiger partial charge in [0.2, 0.25) is 0 Å². The van der Waals surface area contributed by atoms with Crippen molar-refractivity contribution in [2.45, 2.75) is 45.1 Å². The zero-order chi connectivity index (χ0) is 13.9. The third-order valence-electron chi connectivity index (χ3n) is 6.15. The highest BCUT2D eigenvalue weighted by molar-refractivity contribution is 5.66. The van der Waals surface area contributed by atoms with E-state index in [9.17, 15) is 0 Å². The minimum absolute atomic E-state index is 0.666. The van der Waals surface area contributed by atoms with Crippen molar-refractivity contribution in [2.75, 3.05) is 17.7 Å². The number of rotatable bonds is 2. The van der Waals surface area contributed by atoms with Gasteiger partial charge in [0.25, 0.3) is 0 Å². The molecular formula is C17H25N3. The predicted molar refractivity (Wildman–Crippen MR) is 82.6 cm³/mol. The zero-order valence-corrected chi connectivity index (χ0v) is 12.5. The summed E-state index contributed by atoms with van der Waals surface area (Å²) in [6.45, 7) is 2.07. The number of nitrogens with zero attached hydrogens (tertiary/aromatic N) is 2. The summed E-state index contributed by atoms with van der Waals surface area (Å²) in [5.41, 5.74) is 8.28. The number of nitrogens with two attached hydrogens (primary N) is 1. The molecule has 0 aromatic carbocycles. The van der Waals surface area contributed by atoms with Crippen molar-refractivity contribution >= 4 is 11.5 Å². The van der Waals surface area contributed by atoms with Crippen LogP contribution in [0.25, 0.3) is 0 Å². The molecule has 4 fully saturated rings. The predicted octanol–water partition coefficient (Wildman–Crippen LogP) is 3.23. The lowest BCUT2D eigenvalue weighted by molar-refractivity contribution is -0.00138. The van der Waals surface area contributed by atoms with Crippen LogP contribution in [-0.4, -0.2) is 18.1 Å². The van der Waals surface area contributed by atoms with Crippen molar-refractivity contribution < 1.29 is 0 Å². The van der Waals surface area contributed by atoms with Gasteiger partial charge in [0.1, 0.15) is 0 Å². The summed E-state index contributed by atoms with van der Waals surface area (Å²) >= 11 is 0. The molecule has 4 saturated carbocycles. The van der Waals surface area contributed by atoms with E-state index in [-0.39, 0.29) is 0 Å². The Balaban J connectivity index is 1.65. The number of aryl methyl sites for hydroxylation is 1. The summed E-state index contributed by atoms with van der Waals surface area (Å²) in [5.74, 6) is 4.79. The van der Waals surface area contributed by atoms with Crippen molar-refractivity contribution in [3.63, 3.8) is 0 Å². The summed E-state index contributed by atoms with van der Waals surface area (Å²) in [4.78, 5) is 6.98. The molecule has 1 aromatic rings. The Labute approximate surface area is 121 Å². The van der Waals surface area contributed by atoms with Crippen LogP contribution in [-0.2, 0) is 0 Å². The minimum Gasteiger partial charge on any atom is -0.396 e. The normalized spacial score (nSPS) is 38.2. The maximum atomic E-state index is 6.27. The lowest BCUT2D eigenvalue weighted by Gasteiger charge is -2.56. The maximum Gasteiger partial charge on any atom is 0.152 e. The SMILES string of the molecule is Cc1ccnc(N(C)C2C3CC4CC(C3)CC2C4)c1N. The molecule has 4 bridgehead atoms. The highest BCUT2D eigenvalue weighted by Crippen LogP contribution is 2.55. The van der Waals surface area contributed by atoms with Crippen molar-refractivity contribution in [3.8, 4) is 0 Å². The highest BCUT2D eigenvalue weighted by atomic mass is 15.2. The van der Waals surface area contributed by atoms with Gasteiger partial charge in [-0.1, -0.05) is 0 Å². The van der Waals surface area contributed by atoms with Gasteiger partial charge >= 0.3 is 0 Å². The Morgan fingerprint density at radius 1 is 1.10 bits per heavy atom. The molecule has 5 rings (SSSR count). The molecule has 3 nitrogen and oxygen atoms in total. The van der Waals surface area contributed by atoms with Crippen molar-refractivity contribution in [1.29, 1.82) is 0 Å². The Hall–Kier alpha value is -1.25. The van der Waals surface area contributed by atoms with Crippen LogP contribution in [0.5, 0.6) is 0 Å². The van der Waals surface area contributed by atoms with E-state index in [1.165, 1.54) is 32.1 Å². The van der Waals surface area contributed by atoms with Gasteiger partial charge in [-0.15, -0.1) is 0 Å². The fourth-order valence-corrected chi connectivity index (χ4v) is 5.51. The van der Waals surface area contributed by atoms with E-state index in [1.807, 2.05) is 12.3 Å². The van der Waals surface area contributed by atoms with Crippen LogP contribution in [0.4, 0.5) is 11.5 Å². The molecule has 4 aliphatic rings. The zero-order valence-electron chi connectivity index (χ0n) is 12.5. The summed E-state index contributed by atoms with van der Waals surface area (Å²) in [6.07, 6.45) is 9.16. The molecular weight excluding hydrogens is 246 g/mol. The van der Waals surface area contributed by atoms with Gasteiger partial charge in [-0.25, -0.2) is 4.98 Å². The first-order chi connectivity index (χ1) is 9.63. The molecule has 1 aromatic heterocycles. The van der Waals surface area contributed by atoms with Crippen LogP contribution in [0.15, 0.2) is 12.3 Å². The molecule has 1 heterocycles. The van der Waals surface area contributed by atoms with Crippen molar-refractivity contribution in [3.05, 3.63) is 17.8 Å². The van der Waals surface area contributed by atoms with E-state index >= 15 is 0 Å². The van der Waals surface area contributed by atoms with Crippen molar-refractivity contribution in [1.82, 2.24) is 4.98 Å². The fourth-order valence-electron chi connectivity index (χ4n) is 5.51. The van der Waals surface area contributed by atoms with Crippen LogP contribution >= 0.6 is 0 Å². The van der Waals surface area contributed by atoms with Crippen LogP contribution in [0.1, 0.15) is 37.7 Å². The summed E-state index contributed by atoms with van der Waals surface area (Å²) in [7, 11) is 2.21. The monoisotopic (exact) mass is 271 g/mol. The standard InChI is InChI=1S/C17H25N3/c1-10-3-4-19-17(15(10)18)20(2)16-13-6-11-5-12(8-13)9-14(16)7-11/h3-4,11-14,16H,5-9,18H2,1-2H3. The van der Waals surface area contributed by atoms with Gasteiger partial charge in [-0.3, -0.25) is 0 Å². The largest absolute Gasteiger partial charge is 0.396 e. The van der Waals surface area contributed by atoms with E-state index in [2.05, 4.69) is 23.9 Å². The Morgan fingerprint density at radius 2 is 1.70 bits per heavy atom. The minimum atomic E-state index is 0.666. The maximum absolute atomic E-state index is 6.27. The second-order valence-corrected chi connectivity index (χ2v) is 7.40. The van der Waals surface area contributed by atoms with E-state index in [0.717, 1.165) is 40.7 Å². The summed E-state index contributed by atoms with van der Waals surface area (Å²) in [6, 6.07) is 2.67. The van der Waals surface area contributed by atoms with Crippen LogP contribution < -0.4 is 10.6 Å². The van der Waals surface area contributed by atoms with Crippen LogP contribution in [0.2, 0.25) is 0 Å². The number of pyridine rings is 1. The molecule has 20 heavy (non-hydrogen) atoms. The molecule has 0 amide bonds. The topological polar surface area (TPSA) is 42.2 Å². The third-order valence-corrected chi connectivity index (χ3v) is 6.15. The van der Waals surface area contributed by atoms with Gasteiger partial charge in [0, 0.05) is 19.3 Å². The average Bonchev–Trinajstić information content (AvgIpc) is 2.40. The first kappa shape index (κ1) is 12.5. The molecule has 108 valence electrons. The second kappa shape index (κ2) is 4.37. The molecule has 2 N–H and O–H groups in total. The average molecular weight is 271 g/mol. The summed E-state index contributed by atoms with van der Waals surface area (Å²) in [5, 5.41) is 0. The smallest absolute Gasteiger partial charge is 0.152 e. The molecule has 0 radical (unpaired) electrons. The first-order valence-corrected chi connectivity index (χ1v) is 8.07. The Morgan fingerprint density at radius 3 is 2.30 bits per heavy atom. The quantitative estimate of drug-likeness (QED) is 0.898. The van der Waals surface area contributed by atoms with Crippen LogP contribution in [0, 0.1) is 30.6 Å². The van der Waals surface area contributed by atoms with E-state index < -0.39 is 0 Å². The van der Waals surface area contributed by atoms with Gasteiger partial charge in [-0.05, 0) is 74.3 Å². The highest BCUT2D eigenvalue weighted by Gasteiger charge is 2.49. The van der Waals surface area contributed by atoms with E-state index in [4.69, 9.17) is 5.73 Å². The second-order valence-electron chi connectivity index (χ2n) is 7.40. The van der Waals surface area contributed by atoms with E-state index in [1.54, 1.807) is 0 Å². The molecule has 3 heteroatoms. The van der Waals surface area contributed by atoms with Gasteiger partial charge in [-0.2, -0.15) is 0 Å². The number of aromatic nitrogens is 1. The third kappa shape index (κ3) is 1.75. The number of hydrogen-bond donors (Lipinski definition) is 1. The lowest BCUT2D eigenvalue weighted by atomic mass is 9.54. The lowest BCUT2D eigenvalue weighted by Crippen LogP contribution is -2.55. The Kier molecular flexibility index (Phi) is 2.73. The van der Waals surface area contributed by atoms with Crippen molar-refractivity contribution in [2.24, 2.45) is 23.7 Å². The molecule has 0 unspecified atom stereocenters. The number of nitrogen functional groups attached to an aromatic ring is 1. The summed E-state index contributed by atoms with van der Waals surface area (Å²) < 4.78 is 0. The first-order valence-electron chi connectivity index (χ1n) is 8.07. The van der Waals surface area contributed by atoms with Gasteiger partial charge < -0.3 is 10.6 Å². The van der Waals surface area contributed by atoms with E-state index in [0.29, 0.717) is 6.04 Å². The fraction of sp³-hybridized carbons (Fsp3) is 0.706. The number of hydrogen-bond acceptors (Lipinski definition) is 3. The molecule has 0 atom stereocenters. The van der Waals surface area contributed by atoms with Gasteiger partial charge in [0.15, 0.2) is 5.82 Å². The molecule has 0 saturated heterocycles. The molecule has 0 spiro atoms. The molecule has 4 aliphatic carbocycles. The van der Waals surface area contributed by atoms with Crippen LogP contribution in [0.3, 0.4) is 0 Å². The van der Waals surface area contributed by atoms with Gasteiger partial charge in [0.05, 0.1) is 5.69 Å². The molecule has 0 aliphatic heterocycles.